The molecule has 1 saturated heterocycles. The highest BCUT2D eigenvalue weighted by molar-refractivity contribution is 9.10. The maximum atomic E-state index is 12.0. The molecule has 0 aliphatic carbocycles. The molecule has 6 nitrogen and oxygen atoms in total. The Bertz CT molecular complexity index is 502. The van der Waals surface area contributed by atoms with E-state index in [1.54, 1.807) is 17.3 Å². The third-order valence-electron chi connectivity index (χ3n) is 3.15. The lowest BCUT2D eigenvalue weighted by molar-refractivity contribution is 0.0240. The Morgan fingerprint density at radius 3 is 2.43 bits per heavy atom. The highest BCUT2D eigenvalue weighted by atomic mass is 79.9. The molecule has 1 aromatic rings. The summed E-state index contributed by atoms with van der Waals surface area (Å²) < 4.78 is 6.26. The topological polar surface area (TPSA) is 71.7 Å². The molecular formula is C14H21BrN4O2. The summed E-state index contributed by atoms with van der Waals surface area (Å²) in [5.41, 5.74) is 7.10. The van der Waals surface area contributed by atoms with Crippen molar-refractivity contribution in [2.45, 2.75) is 26.4 Å². The van der Waals surface area contributed by atoms with Gasteiger partial charge in [-0.05, 0) is 36.7 Å². The zero-order valence-corrected chi connectivity index (χ0v) is 14.2. The normalized spacial score (nSPS) is 16.0. The van der Waals surface area contributed by atoms with Gasteiger partial charge in [-0.15, -0.1) is 0 Å². The van der Waals surface area contributed by atoms with E-state index in [0.29, 0.717) is 31.9 Å². The van der Waals surface area contributed by atoms with Crippen molar-refractivity contribution in [2.24, 2.45) is 0 Å². The maximum Gasteiger partial charge on any atom is 0.410 e. The molecule has 1 amide bonds. The average Bonchev–Trinajstić information content (AvgIpc) is 2.37. The second-order valence-electron chi connectivity index (χ2n) is 6.01. The van der Waals surface area contributed by atoms with Gasteiger partial charge >= 0.3 is 6.09 Å². The van der Waals surface area contributed by atoms with Crippen LogP contribution in [0.4, 0.5) is 16.2 Å². The van der Waals surface area contributed by atoms with Crippen LogP contribution in [0.2, 0.25) is 0 Å². The van der Waals surface area contributed by atoms with Crippen LogP contribution < -0.4 is 10.6 Å². The van der Waals surface area contributed by atoms with E-state index in [4.69, 9.17) is 10.5 Å². The molecule has 1 aliphatic heterocycles. The number of carbonyl (C=O) groups is 1. The Kier molecular flexibility index (Phi) is 4.61. The van der Waals surface area contributed by atoms with Crippen molar-refractivity contribution < 1.29 is 9.53 Å². The van der Waals surface area contributed by atoms with Crippen molar-refractivity contribution >= 4 is 33.4 Å². The van der Waals surface area contributed by atoms with Gasteiger partial charge in [0.2, 0.25) is 0 Å². The summed E-state index contributed by atoms with van der Waals surface area (Å²) in [4.78, 5) is 20.0. The zero-order chi connectivity index (χ0) is 15.6. The lowest BCUT2D eigenvalue weighted by Crippen LogP contribution is -2.50. The summed E-state index contributed by atoms with van der Waals surface area (Å²) in [5.74, 6) is 0. The van der Waals surface area contributed by atoms with Crippen molar-refractivity contribution in [2.75, 3.05) is 36.8 Å². The van der Waals surface area contributed by atoms with Gasteiger partial charge in [0, 0.05) is 32.4 Å². The third-order valence-corrected chi connectivity index (χ3v) is 3.73. The zero-order valence-electron chi connectivity index (χ0n) is 12.6. The van der Waals surface area contributed by atoms with Crippen LogP contribution in [0.3, 0.4) is 0 Å². The molecule has 2 rings (SSSR count). The van der Waals surface area contributed by atoms with Gasteiger partial charge in [-0.3, -0.25) is 4.98 Å². The van der Waals surface area contributed by atoms with Crippen molar-refractivity contribution in [3.05, 3.63) is 16.9 Å². The number of piperazine rings is 1. The fourth-order valence-corrected chi connectivity index (χ4v) is 2.81. The summed E-state index contributed by atoms with van der Waals surface area (Å²) in [6.45, 7) is 8.27. The van der Waals surface area contributed by atoms with Crippen LogP contribution >= 0.6 is 15.9 Å². The number of aromatic nitrogens is 1. The second-order valence-corrected chi connectivity index (χ2v) is 6.87. The van der Waals surface area contributed by atoms with Gasteiger partial charge in [-0.2, -0.15) is 0 Å². The molecule has 21 heavy (non-hydrogen) atoms. The molecule has 2 heterocycles. The number of nitrogen functional groups attached to an aromatic ring is 1. The van der Waals surface area contributed by atoms with E-state index < -0.39 is 5.60 Å². The van der Waals surface area contributed by atoms with E-state index in [0.717, 1.165) is 10.2 Å². The maximum absolute atomic E-state index is 12.0. The number of hydrogen-bond acceptors (Lipinski definition) is 5. The molecule has 2 N–H and O–H groups in total. The second kappa shape index (κ2) is 6.09. The van der Waals surface area contributed by atoms with Crippen LogP contribution in [-0.4, -0.2) is 47.8 Å². The first-order valence-electron chi connectivity index (χ1n) is 6.90. The number of rotatable bonds is 1. The summed E-state index contributed by atoms with van der Waals surface area (Å²) in [5, 5.41) is 0. The number of halogens is 1. The summed E-state index contributed by atoms with van der Waals surface area (Å²) in [7, 11) is 0. The van der Waals surface area contributed by atoms with Crippen LogP contribution in [-0.2, 0) is 4.74 Å². The lowest BCUT2D eigenvalue weighted by atomic mass is 10.2. The molecule has 0 bridgehead atoms. The lowest BCUT2D eigenvalue weighted by Gasteiger charge is -2.37. The van der Waals surface area contributed by atoms with Gasteiger partial charge in [0.05, 0.1) is 22.0 Å². The largest absolute Gasteiger partial charge is 0.444 e. The molecule has 0 spiro atoms. The Labute approximate surface area is 133 Å². The van der Waals surface area contributed by atoms with Crippen LogP contribution in [0.25, 0.3) is 0 Å². The molecule has 1 aromatic heterocycles. The fourth-order valence-electron chi connectivity index (χ4n) is 2.22. The van der Waals surface area contributed by atoms with Gasteiger partial charge < -0.3 is 20.3 Å². The number of anilines is 2. The number of ether oxygens (including phenoxy) is 1. The van der Waals surface area contributed by atoms with Gasteiger partial charge in [0.25, 0.3) is 0 Å². The third kappa shape index (κ3) is 4.00. The predicted octanol–water partition coefficient (Wildman–Crippen LogP) is 2.48. The van der Waals surface area contributed by atoms with Gasteiger partial charge in [-0.25, -0.2) is 4.79 Å². The molecule has 7 heteroatoms. The molecular weight excluding hydrogens is 336 g/mol. The van der Waals surface area contributed by atoms with E-state index in [1.807, 2.05) is 20.8 Å². The first-order valence-corrected chi connectivity index (χ1v) is 7.69. The highest BCUT2D eigenvalue weighted by Crippen LogP contribution is 2.31. The fraction of sp³-hybridized carbons (Fsp3) is 0.571. The number of nitrogens with two attached hydrogens (primary N) is 1. The van der Waals surface area contributed by atoms with Crippen LogP contribution in [0.15, 0.2) is 16.9 Å². The smallest absolute Gasteiger partial charge is 0.410 e. The van der Waals surface area contributed by atoms with Gasteiger partial charge in [0.15, 0.2) is 0 Å². The number of carbonyl (C=O) groups excluding carboxylic acids is 1. The Morgan fingerprint density at radius 1 is 1.29 bits per heavy atom. The van der Waals surface area contributed by atoms with E-state index in [2.05, 4.69) is 25.8 Å². The Hall–Kier alpha value is -1.50. The Balaban J connectivity index is 1.99. The minimum absolute atomic E-state index is 0.260. The monoisotopic (exact) mass is 356 g/mol. The van der Waals surface area contributed by atoms with E-state index >= 15 is 0 Å². The highest BCUT2D eigenvalue weighted by Gasteiger charge is 2.27. The summed E-state index contributed by atoms with van der Waals surface area (Å²) in [6, 6.07) is 0. The summed E-state index contributed by atoms with van der Waals surface area (Å²) >= 11 is 3.48. The van der Waals surface area contributed by atoms with Crippen LogP contribution in [0.5, 0.6) is 0 Å². The van der Waals surface area contributed by atoms with Crippen LogP contribution in [0, 0.1) is 0 Å². The van der Waals surface area contributed by atoms with Crippen molar-refractivity contribution in [3.63, 3.8) is 0 Å². The molecule has 0 aromatic carbocycles. The predicted molar refractivity (Wildman–Crippen MR) is 86.4 cm³/mol. The number of nitrogens with zero attached hydrogens (tertiary/aromatic N) is 3. The molecule has 1 fully saturated rings. The Morgan fingerprint density at radius 2 is 1.90 bits per heavy atom. The average molecular weight is 357 g/mol. The minimum atomic E-state index is -0.466. The molecule has 1 aliphatic rings. The number of pyridine rings is 1. The van der Waals surface area contributed by atoms with Crippen molar-refractivity contribution in [3.8, 4) is 0 Å². The van der Waals surface area contributed by atoms with Crippen molar-refractivity contribution in [1.82, 2.24) is 9.88 Å². The van der Waals surface area contributed by atoms with Gasteiger partial charge in [-0.1, -0.05) is 0 Å². The quantitative estimate of drug-likeness (QED) is 0.836. The van der Waals surface area contributed by atoms with E-state index in [-0.39, 0.29) is 6.09 Å². The molecule has 0 radical (unpaired) electrons. The van der Waals surface area contributed by atoms with Gasteiger partial charge in [0.1, 0.15) is 5.60 Å². The first-order chi connectivity index (χ1) is 9.78. The number of hydrogen-bond donors (Lipinski definition) is 1. The van der Waals surface area contributed by atoms with E-state index in [1.165, 1.54) is 0 Å². The molecule has 116 valence electrons. The number of amides is 1. The van der Waals surface area contributed by atoms with Crippen molar-refractivity contribution in [1.29, 1.82) is 0 Å². The van der Waals surface area contributed by atoms with Crippen LogP contribution in [0.1, 0.15) is 20.8 Å². The standard InChI is InChI=1S/C14H21BrN4O2/c1-14(2,3)21-13(20)19-6-4-18(5-7-19)12-10(15)8-17-9-11(12)16/h8-9H,4-7,16H2,1-3H3. The summed E-state index contributed by atoms with van der Waals surface area (Å²) in [6.07, 6.45) is 3.11. The van der Waals surface area contributed by atoms with E-state index in [9.17, 15) is 4.79 Å². The first kappa shape index (κ1) is 15.9. The molecule has 0 atom stereocenters. The minimum Gasteiger partial charge on any atom is -0.444 e. The molecule has 0 unspecified atom stereocenters. The molecule has 0 saturated carbocycles. The SMILES string of the molecule is CC(C)(C)OC(=O)N1CCN(c2c(N)cncc2Br)CC1.